The largest absolute Gasteiger partial charge is 0.291 e. The van der Waals surface area contributed by atoms with Gasteiger partial charge in [-0.05, 0) is 18.6 Å². The minimum Gasteiger partial charge on any atom is -0.291 e. The molecule has 0 aliphatic carbocycles. The second kappa shape index (κ2) is 10.5. The van der Waals surface area contributed by atoms with Gasteiger partial charge < -0.3 is 0 Å². The summed E-state index contributed by atoms with van der Waals surface area (Å²) in [5, 5.41) is 11.0. The Bertz CT molecular complexity index is 723. The third-order valence-corrected chi connectivity index (χ3v) is 4.19. The van der Waals surface area contributed by atoms with Gasteiger partial charge >= 0.3 is 0 Å². The van der Waals surface area contributed by atoms with Crippen LogP contribution in [0.15, 0.2) is 36.4 Å². The summed E-state index contributed by atoms with van der Waals surface area (Å²) >= 11 is 0. The van der Waals surface area contributed by atoms with E-state index in [1.54, 1.807) is 0 Å². The van der Waals surface area contributed by atoms with Gasteiger partial charge in [-0.15, -0.1) is 0 Å². The Morgan fingerprint density at radius 2 is 2.08 bits per heavy atom. The summed E-state index contributed by atoms with van der Waals surface area (Å²) in [5.74, 6) is -0.711. The third-order valence-electron chi connectivity index (χ3n) is 4.19. The number of pyridine rings is 1. The number of hydroxylamine groups is 2. The second-order valence-corrected chi connectivity index (χ2v) is 6.26. The van der Waals surface area contributed by atoms with E-state index in [2.05, 4.69) is 22.8 Å². The van der Waals surface area contributed by atoms with Gasteiger partial charge in [0, 0.05) is 5.39 Å². The Morgan fingerprint density at radius 3 is 2.85 bits per heavy atom. The van der Waals surface area contributed by atoms with Crippen molar-refractivity contribution in [2.24, 2.45) is 5.92 Å². The second-order valence-electron chi connectivity index (χ2n) is 6.26. The predicted octanol–water partition coefficient (Wildman–Crippen LogP) is 2.40. The molecule has 0 fully saturated rings. The van der Waals surface area contributed by atoms with Crippen molar-refractivity contribution in [3.63, 3.8) is 0 Å². The molecule has 2 rings (SSSR count). The van der Waals surface area contributed by atoms with E-state index in [-0.39, 0.29) is 12.5 Å². The minimum atomic E-state index is -0.464. The lowest BCUT2D eigenvalue weighted by molar-refractivity contribution is -0.154. The first kappa shape index (κ1) is 19.8. The standard InChI is InChI=1S/C19H26N4O3/c1-2-3-4-8-16(13-23(26)14-24)19(25)22-20-12-17-11-10-15-7-5-6-9-18(15)21-17/h5-7,9-11,14,16,20,26H,2-4,8,12-13H2,1H3,(H,22,25)/t16-/m1/s1. The molecule has 2 aromatic rings. The maximum atomic E-state index is 12.3. The van der Waals surface area contributed by atoms with E-state index in [9.17, 15) is 14.8 Å². The molecule has 0 radical (unpaired) electrons. The lowest BCUT2D eigenvalue weighted by atomic mass is 10.0. The molecular formula is C19H26N4O3. The number of para-hydroxylation sites is 1. The maximum absolute atomic E-state index is 12.3. The Balaban J connectivity index is 1.87. The topological polar surface area (TPSA) is 94.6 Å². The fourth-order valence-electron chi connectivity index (χ4n) is 2.75. The number of carbonyl (C=O) groups excluding carboxylic acids is 2. The molecular weight excluding hydrogens is 332 g/mol. The van der Waals surface area contributed by atoms with Gasteiger partial charge in [-0.25, -0.2) is 10.5 Å². The van der Waals surface area contributed by atoms with Gasteiger partial charge in [0.05, 0.1) is 30.2 Å². The van der Waals surface area contributed by atoms with Crippen LogP contribution in [0.4, 0.5) is 0 Å². The average molecular weight is 358 g/mol. The van der Waals surface area contributed by atoms with E-state index in [1.807, 2.05) is 36.4 Å². The molecule has 0 saturated carbocycles. The quantitative estimate of drug-likeness (QED) is 0.248. The van der Waals surface area contributed by atoms with Crippen molar-refractivity contribution in [1.29, 1.82) is 0 Å². The van der Waals surface area contributed by atoms with E-state index in [1.165, 1.54) is 0 Å². The minimum absolute atomic E-state index is 0.0189. The summed E-state index contributed by atoms with van der Waals surface area (Å²) in [4.78, 5) is 27.5. The molecule has 3 N–H and O–H groups in total. The van der Waals surface area contributed by atoms with E-state index >= 15 is 0 Å². The zero-order valence-corrected chi connectivity index (χ0v) is 15.0. The molecule has 1 aromatic heterocycles. The van der Waals surface area contributed by atoms with Gasteiger partial charge in [0.1, 0.15) is 0 Å². The van der Waals surface area contributed by atoms with Crippen LogP contribution in [0.1, 0.15) is 38.3 Å². The third kappa shape index (κ3) is 6.09. The van der Waals surface area contributed by atoms with Gasteiger partial charge in [0.25, 0.3) is 0 Å². The van der Waals surface area contributed by atoms with Crippen LogP contribution >= 0.6 is 0 Å². The Morgan fingerprint density at radius 1 is 1.27 bits per heavy atom. The van der Waals surface area contributed by atoms with Crippen molar-refractivity contribution in [2.45, 2.75) is 39.2 Å². The van der Waals surface area contributed by atoms with Gasteiger partial charge in [-0.1, -0.05) is 50.5 Å². The molecule has 7 nitrogen and oxygen atoms in total. The summed E-state index contributed by atoms with van der Waals surface area (Å²) < 4.78 is 0. The van der Waals surface area contributed by atoms with Crippen LogP contribution < -0.4 is 10.9 Å². The summed E-state index contributed by atoms with van der Waals surface area (Å²) in [6.07, 6.45) is 3.84. The molecule has 0 aliphatic heterocycles. The molecule has 1 atom stereocenters. The Hall–Kier alpha value is -2.51. The summed E-state index contributed by atoms with van der Waals surface area (Å²) in [5.41, 5.74) is 7.24. The number of aromatic nitrogens is 1. The van der Waals surface area contributed by atoms with E-state index < -0.39 is 5.92 Å². The number of rotatable bonds is 11. The first-order valence-electron chi connectivity index (χ1n) is 8.92. The van der Waals surface area contributed by atoms with Crippen LogP contribution in [0.3, 0.4) is 0 Å². The zero-order chi connectivity index (χ0) is 18.8. The highest BCUT2D eigenvalue weighted by molar-refractivity contribution is 5.79. The highest BCUT2D eigenvalue weighted by atomic mass is 16.5. The van der Waals surface area contributed by atoms with E-state index in [0.29, 0.717) is 24.4 Å². The molecule has 140 valence electrons. The number of benzene rings is 1. The van der Waals surface area contributed by atoms with Crippen LogP contribution in [-0.2, 0) is 16.1 Å². The average Bonchev–Trinajstić information content (AvgIpc) is 2.67. The first-order chi connectivity index (χ1) is 12.6. The van der Waals surface area contributed by atoms with Crippen molar-refractivity contribution in [2.75, 3.05) is 6.54 Å². The highest BCUT2D eigenvalue weighted by Crippen LogP contribution is 2.12. The number of carbonyl (C=O) groups is 2. The first-order valence-corrected chi connectivity index (χ1v) is 8.92. The van der Waals surface area contributed by atoms with Crippen LogP contribution in [0.25, 0.3) is 10.9 Å². The molecule has 0 spiro atoms. The Kier molecular flexibility index (Phi) is 7.98. The molecule has 7 heteroatoms. The molecule has 0 unspecified atom stereocenters. The van der Waals surface area contributed by atoms with Crippen LogP contribution in [0.2, 0.25) is 0 Å². The lowest BCUT2D eigenvalue weighted by Crippen LogP contribution is -2.44. The fourth-order valence-corrected chi connectivity index (χ4v) is 2.75. The number of amides is 2. The van der Waals surface area contributed by atoms with E-state index in [4.69, 9.17) is 0 Å². The van der Waals surface area contributed by atoms with Gasteiger partial charge in [-0.2, -0.15) is 0 Å². The number of nitrogens with zero attached hydrogens (tertiary/aromatic N) is 2. The SMILES string of the molecule is CCCCC[C@H](CN(O)C=O)C(=O)NNCc1ccc2ccccc2n1. The molecule has 1 aromatic carbocycles. The molecule has 0 saturated heterocycles. The van der Waals surface area contributed by atoms with Crippen LogP contribution in [-0.4, -0.2) is 34.1 Å². The number of hydrogen-bond donors (Lipinski definition) is 3. The zero-order valence-electron chi connectivity index (χ0n) is 15.0. The normalized spacial score (nSPS) is 11.9. The fraction of sp³-hybridized carbons (Fsp3) is 0.421. The van der Waals surface area contributed by atoms with Crippen molar-refractivity contribution < 1.29 is 14.8 Å². The lowest BCUT2D eigenvalue weighted by Gasteiger charge is -2.19. The molecule has 0 aliphatic rings. The van der Waals surface area contributed by atoms with Gasteiger partial charge in [0.2, 0.25) is 12.3 Å². The van der Waals surface area contributed by atoms with Crippen molar-refractivity contribution >= 4 is 23.2 Å². The number of nitrogens with one attached hydrogen (secondary N) is 2. The number of fused-ring (bicyclic) bond motifs is 1. The highest BCUT2D eigenvalue weighted by Gasteiger charge is 2.20. The number of hydrogen-bond acceptors (Lipinski definition) is 5. The molecule has 2 amide bonds. The molecule has 0 bridgehead atoms. The van der Waals surface area contributed by atoms with Gasteiger partial charge in [0.15, 0.2) is 0 Å². The number of hydrazine groups is 1. The summed E-state index contributed by atoms with van der Waals surface area (Å²) in [6.45, 7) is 2.45. The maximum Gasteiger partial charge on any atom is 0.239 e. The molecule has 26 heavy (non-hydrogen) atoms. The van der Waals surface area contributed by atoms with Crippen LogP contribution in [0, 0.1) is 5.92 Å². The summed E-state index contributed by atoms with van der Waals surface area (Å²) in [7, 11) is 0. The van der Waals surface area contributed by atoms with Crippen molar-refractivity contribution in [3.05, 3.63) is 42.1 Å². The van der Waals surface area contributed by atoms with Crippen molar-refractivity contribution in [1.82, 2.24) is 20.9 Å². The van der Waals surface area contributed by atoms with E-state index in [0.717, 1.165) is 35.9 Å². The monoisotopic (exact) mass is 358 g/mol. The number of unbranched alkanes of at least 4 members (excludes halogenated alkanes) is 2. The van der Waals surface area contributed by atoms with Crippen molar-refractivity contribution in [3.8, 4) is 0 Å². The smallest absolute Gasteiger partial charge is 0.239 e. The Labute approximate surface area is 153 Å². The summed E-state index contributed by atoms with van der Waals surface area (Å²) in [6, 6.07) is 11.7. The van der Waals surface area contributed by atoms with Crippen LogP contribution in [0.5, 0.6) is 0 Å². The predicted molar refractivity (Wildman–Crippen MR) is 98.9 cm³/mol. The molecule has 1 heterocycles. The van der Waals surface area contributed by atoms with Gasteiger partial charge in [-0.3, -0.25) is 25.2 Å².